The van der Waals surface area contributed by atoms with Gasteiger partial charge in [-0.25, -0.2) is 0 Å². The largest absolute Gasteiger partial charge is 0.317 e. The van der Waals surface area contributed by atoms with E-state index >= 15 is 0 Å². The maximum absolute atomic E-state index is 3.49. The smallest absolute Gasteiger partial charge is 0.0223 e. The number of fused-ring (bicyclic) bond motifs is 2. The summed E-state index contributed by atoms with van der Waals surface area (Å²) in [4.78, 5) is 5.37. The number of likely N-dealkylation sites (tertiary alicyclic amines) is 1. The predicted molar refractivity (Wildman–Crippen MR) is 82.6 cm³/mol. The molecular formula is C16H33N3. The minimum atomic E-state index is 0.846. The van der Waals surface area contributed by atoms with Crippen LogP contribution in [0.1, 0.15) is 51.9 Å². The van der Waals surface area contributed by atoms with Crippen molar-refractivity contribution < 1.29 is 0 Å². The van der Waals surface area contributed by atoms with Crippen molar-refractivity contribution in [2.45, 2.75) is 64.0 Å². The second-order valence-electron chi connectivity index (χ2n) is 6.45. The molecule has 0 amide bonds. The first-order valence-corrected chi connectivity index (χ1v) is 8.46. The highest BCUT2D eigenvalue weighted by atomic mass is 15.3. The lowest BCUT2D eigenvalue weighted by molar-refractivity contribution is 0.216. The third-order valence-corrected chi connectivity index (χ3v) is 4.99. The predicted octanol–water partition coefficient (Wildman–Crippen LogP) is 2.32. The third kappa shape index (κ3) is 4.73. The van der Waals surface area contributed by atoms with Crippen LogP contribution in [0.15, 0.2) is 0 Å². The number of nitrogens with one attached hydrogen (secondary N) is 1. The van der Waals surface area contributed by atoms with Crippen LogP contribution in [0.25, 0.3) is 0 Å². The van der Waals surface area contributed by atoms with Gasteiger partial charge in [0.25, 0.3) is 0 Å². The van der Waals surface area contributed by atoms with Gasteiger partial charge in [-0.15, -0.1) is 0 Å². The van der Waals surface area contributed by atoms with Crippen LogP contribution in [0, 0.1) is 0 Å². The molecule has 2 unspecified atom stereocenters. The van der Waals surface area contributed by atoms with E-state index in [1.165, 1.54) is 77.7 Å². The van der Waals surface area contributed by atoms with Crippen LogP contribution < -0.4 is 5.32 Å². The molecule has 19 heavy (non-hydrogen) atoms. The number of rotatable bonds is 8. The fourth-order valence-electron chi connectivity index (χ4n) is 3.65. The van der Waals surface area contributed by atoms with E-state index in [1.807, 2.05) is 0 Å². The molecule has 2 aliphatic heterocycles. The Morgan fingerprint density at radius 1 is 1.00 bits per heavy atom. The van der Waals surface area contributed by atoms with Gasteiger partial charge in [-0.3, -0.25) is 4.90 Å². The fourth-order valence-corrected chi connectivity index (χ4v) is 3.65. The number of unbranched alkanes of at least 4 members (excludes halogenated alkanes) is 2. The Hall–Kier alpha value is -0.120. The Kier molecular flexibility index (Phi) is 6.62. The minimum Gasteiger partial charge on any atom is -0.317 e. The van der Waals surface area contributed by atoms with Crippen molar-refractivity contribution in [3.05, 3.63) is 0 Å². The van der Waals surface area contributed by atoms with Gasteiger partial charge >= 0.3 is 0 Å². The first kappa shape index (κ1) is 15.3. The van der Waals surface area contributed by atoms with Crippen LogP contribution in [0.2, 0.25) is 0 Å². The van der Waals surface area contributed by atoms with Crippen molar-refractivity contribution in [3.63, 3.8) is 0 Å². The van der Waals surface area contributed by atoms with Gasteiger partial charge in [-0.1, -0.05) is 13.3 Å². The summed E-state index contributed by atoms with van der Waals surface area (Å²) >= 11 is 0. The van der Waals surface area contributed by atoms with Gasteiger partial charge in [-0.05, 0) is 71.8 Å². The number of hydrogen-bond donors (Lipinski definition) is 1. The van der Waals surface area contributed by atoms with Gasteiger partial charge in [0.05, 0.1) is 0 Å². The van der Waals surface area contributed by atoms with E-state index in [2.05, 4.69) is 29.1 Å². The highest BCUT2D eigenvalue weighted by Crippen LogP contribution is 2.28. The molecule has 0 saturated carbocycles. The topological polar surface area (TPSA) is 18.5 Å². The highest BCUT2D eigenvalue weighted by molar-refractivity contribution is 4.90. The average molecular weight is 267 g/mol. The molecule has 2 atom stereocenters. The molecule has 2 heterocycles. The Bertz CT molecular complexity index is 244. The first-order chi connectivity index (χ1) is 9.31. The van der Waals surface area contributed by atoms with Gasteiger partial charge < -0.3 is 10.2 Å². The lowest BCUT2D eigenvalue weighted by atomic mass is 10.1. The molecule has 2 bridgehead atoms. The molecule has 112 valence electrons. The summed E-state index contributed by atoms with van der Waals surface area (Å²) in [6.07, 6.45) is 9.64. The average Bonchev–Trinajstić information content (AvgIpc) is 2.65. The molecule has 1 N–H and O–H groups in total. The maximum atomic E-state index is 3.49. The summed E-state index contributed by atoms with van der Waals surface area (Å²) in [7, 11) is 2.34. The van der Waals surface area contributed by atoms with Crippen molar-refractivity contribution in [2.75, 3.05) is 39.8 Å². The molecule has 0 radical (unpaired) electrons. The van der Waals surface area contributed by atoms with Crippen LogP contribution in [0.5, 0.6) is 0 Å². The maximum Gasteiger partial charge on any atom is 0.0223 e. The Morgan fingerprint density at radius 3 is 2.68 bits per heavy atom. The fraction of sp³-hybridized carbons (Fsp3) is 1.00. The van der Waals surface area contributed by atoms with Crippen molar-refractivity contribution in [1.29, 1.82) is 0 Å². The summed E-state index contributed by atoms with van der Waals surface area (Å²) in [5, 5.41) is 3.49. The second-order valence-corrected chi connectivity index (χ2v) is 6.45. The third-order valence-electron chi connectivity index (χ3n) is 4.99. The van der Waals surface area contributed by atoms with Gasteiger partial charge in [0.2, 0.25) is 0 Å². The summed E-state index contributed by atoms with van der Waals surface area (Å²) in [5.41, 5.74) is 0. The van der Waals surface area contributed by atoms with E-state index in [9.17, 15) is 0 Å². The Morgan fingerprint density at radius 2 is 1.84 bits per heavy atom. The zero-order chi connectivity index (χ0) is 13.5. The minimum absolute atomic E-state index is 0.846. The molecule has 0 aliphatic carbocycles. The summed E-state index contributed by atoms with van der Waals surface area (Å²) in [5.74, 6) is 0. The molecule has 0 aromatic heterocycles. The summed E-state index contributed by atoms with van der Waals surface area (Å²) in [6.45, 7) is 8.60. The number of nitrogens with zero attached hydrogens (tertiary/aromatic N) is 2. The van der Waals surface area contributed by atoms with E-state index in [4.69, 9.17) is 0 Å². The lowest BCUT2D eigenvalue weighted by Crippen LogP contribution is -2.37. The quantitative estimate of drug-likeness (QED) is 0.681. The van der Waals surface area contributed by atoms with Gasteiger partial charge in [0, 0.05) is 18.6 Å². The van der Waals surface area contributed by atoms with E-state index in [0.29, 0.717) is 0 Å². The van der Waals surface area contributed by atoms with E-state index in [1.54, 1.807) is 0 Å². The van der Waals surface area contributed by atoms with Gasteiger partial charge in [0.1, 0.15) is 0 Å². The zero-order valence-corrected chi connectivity index (χ0v) is 13.0. The van der Waals surface area contributed by atoms with Crippen molar-refractivity contribution in [1.82, 2.24) is 15.1 Å². The van der Waals surface area contributed by atoms with Gasteiger partial charge in [0.15, 0.2) is 0 Å². The van der Waals surface area contributed by atoms with E-state index < -0.39 is 0 Å². The van der Waals surface area contributed by atoms with Crippen molar-refractivity contribution in [2.24, 2.45) is 0 Å². The van der Waals surface area contributed by atoms with Crippen molar-refractivity contribution >= 4 is 0 Å². The van der Waals surface area contributed by atoms with Crippen LogP contribution in [-0.4, -0.2) is 61.7 Å². The second kappa shape index (κ2) is 8.23. The Labute approximate surface area is 119 Å². The molecule has 2 aliphatic rings. The summed E-state index contributed by atoms with van der Waals surface area (Å²) in [6, 6.07) is 1.73. The molecule has 2 saturated heterocycles. The highest BCUT2D eigenvalue weighted by Gasteiger charge is 2.34. The van der Waals surface area contributed by atoms with Crippen molar-refractivity contribution in [3.8, 4) is 0 Å². The molecule has 0 spiro atoms. The van der Waals surface area contributed by atoms with Crippen LogP contribution >= 0.6 is 0 Å². The first-order valence-electron chi connectivity index (χ1n) is 8.46. The molecule has 2 fully saturated rings. The molecule has 3 heteroatoms. The van der Waals surface area contributed by atoms with Crippen LogP contribution in [0.4, 0.5) is 0 Å². The van der Waals surface area contributed by atoms with Crippen LogP contribution in [-0.2, 0) is 0 Å². The molecule has 0 aromatic carbocycles. The Balaban J connectivity index is 1.54. The van der Waals surface area contributed by atoms with Crippen LogP contribution in [0.3, 0.4) is 0 Å². The SMILES string of the molecule is CCCNCCCCCN1CCC2CCC(C1)N2C. The van der Waals surface area contributed by atoms with E-state index in [0.717, 1.165) is 12.1 Å². The zero-order valence-electron chi connectivity index (χ0n) is 13.0. The standard InChI is InChI=1S/C16H33N3/c1-3-10-17-11-5-4-6-12-19-13-9-15-7-8-16(14-19)18(15)2/h15-17H,3-14H2,1-2H3. The molecule has 0 aromatic rings. The summed E-state index contributed by atoms with van der Waals surface area (Å²) < 4.78 is 0. The molecule has 3 nitrogen and oxygen atoms in total. The monoisotopic (exact) mass is 267 g/mol. The number of likely N-dealkylation sites (N-methyl/N-ethyl adjacent to an activating group) is 1. The molecular weight excluding hydrogens is 234 g/mol. The normalized spacial score (nSPS) is 28.7. The van der Waals surface area contributed by atoms with Gasteiger partial charge in [-0.2, -0.15) is 0 Å². The lowest BCUT2D eigenvalue weighted by Gasteiger charge is -2.25. The van der Waals surface area contributed by atoms with E-state index in [-0.39, 0.29) is 0 Å². The molecule has 2 rings (SSSR count). The number of hydrogen-bond acceptors (Lipinski definition) is 3.